The van der Waals surface area contributed by atoms with Crippen LogP contribution in [0.15, 0.2) is 60.9 Å². The Morgan fingerprint density at radius 2 is 1.61 bits per heavy atom. The van der Waals surface area contributed by atoms with E-state index in [0.717, 1.165) is 12.8 Å². The van der Waals surface area contributed by atoms with Gasteiger partial charge in [-0.2, -0.15) is 5.10 Å². The first kappa shape index (κ1) is 21.9. The van der Waals surface area contributed by atoms with Crippen LogP contribution in [-0.2, 0) is 11.3 Å². The molecule has 3 aromatic rings. The van der Waals surface area contributed by atoms with Gasteiger partial charge in [-0.25, -0.2) is 4.79 Å². The molecular formula is C23H24N6O4. The highest BCUT2D eigenvalue weighted by Crippen LogP contribution is 2.19. The number of aromatic nitrogens is 2. The molecule has 4 amide bonds. The van der Waals surface area contributed by atoms with E-state index in [2.05, 4.69) is 26.4 Å². The zero-order chi connectivity index (χ0) is 23.2. The molecule has 0 radical (unpaired) electrons. The molecule has 1 aliphatic rings. The van der Waals surface area contributed by atoms with Gasteiger partial charge in [0.2, 0.25) is 5.91 Å². The summed E-state index contributed by atoms with van der Waals surface area (Å²) >= 11 is 0. The minimum absolute atomic E-state index is 0.00874. The molecule has 0 saturated heterocycles. The number of ether oxygens (including phenoxy) is 1. The van der Waals surface area contributed by atoms with E-state index >= 15 is 0 Å². The van der Waals surface area contributed by atoms with Crippen LogP contribution in [0.1, 0.15) is 23.2 Å². The van der Waals surface area contributed by atoms with Gasteiger partial charge in [-0.15, -0.1) is 0 Å². The summed E-state index contributed by atoms with van der Waals surface area (Å²) in [6.45, 7) is -0.00874. The molecule has 1 aliphatic carbocycles. The molecule has 1 saturated carbocycles. The number of nitrogens with one attached hydrogen (secondary N) is 4. The Bertz CT molecular complexity index is 1140. The van der Waals surface area contributed by atoms with Gasteiger partial charge in [0.1, 0.15) is 12.3 Å². The second-order valence-electron chi connectivity index (χ2n) is 7.61. The normalized spacial score (nSPS) is 12.5. The number of hydrogen-bond acceptors (Lipinski definition) is 5. The third kappa shape index (κ3) is 6.33. The van der Waals surface area contributed by atoms with Crippen LogP contribution in [0.3, 0.4) is 0 Å². The summed E-state index contributed by atoms with van der Waals surface area (Å²) in [4.78, 5) is 36.5. The van der Waals surface area contributed by atoms with Crippen LogP contribution in [0.5, 0.6) is 5.75 Å². The fraction of sp³-hybridized carbons (Fsp3) is 0.217. The number of anilines is 3. The van der Waals surface area contributed by atoms with Crippen LogP contribution in [0.4, 0.5) is 21.9 Å². The highest BCUT2D eigenvalue weighted by molar-refractivity contribution is 6.04. The number of carbonyl (C=O) groups excluding carboxylic acids is 3. The van der Waals surface area contributed by atoms with Gasteiger partial charge in [0.05, 0.1) is 19.0 Å². The molecule has 10 heteroatoms. The predicted molar refractivity (Wildman–Crippen MR) is 123 cm³/mol. The molecule has 170 valence electrons. The molecule has 0 atom stereocenters. The van der Waals surface area contributed by atoms with Crippen LogP contribution in [0.2, 0.25) is 0 Å². The van der Waals surface area contributed by atoms with E-state index in [-0.39, 0.29) is 30.4 Å². The maximum Gasteiger partial charge on any atom is 0.319 e. The van der Waals surface area contributed by atoms with E-state index in [1.165, 1.54) is 10.9 Å². The van der Waals surface area contributed by atoms with E-state index in [0.29, 0.717) is 28.4 Å². The first-order valence-electron chi connectivity index (χ1n) is 10.4. The Balaban J connectivity index is 1.27. The summed E-state index contributed by atoms with van der Waals surface area (Å²) < 4.78 is 6.52. The second kappa shape index (κ2) is 9.86. The Morgan fingerprint density at radius 3 is 2.27 bits per heavy atom. The number of urea groups is 1. The third-order valence-corrected chi connectivity index (χ3v) is 4.89. The third-order valence-electron chi connectivity index (χ3n) is 4.89. The standard InChI is InChI=1S/C23H24N6O4/c1-33-20-10-8-16(9-11-20)25-21(30)14-29-13-19(12-24-29)26-22(31)15-2-4-17(5-3-15)27-23(32)28-18-6-7-18/h2-5,8-13,18H,6-7,14H2,1H3,(H,25,30)(H,26,31)(H2,27,28,32). The molecule has 0 spiro atoms. The smallest absolute Gasteiger partial charge is 0.319 e. The van der Waals surface area contributed by atoms with E-state index in [1.807, 2.05) is 0 Å². The second-order valence-corrected chi connectivity index (χ2v) is 7.61. The molecular weight excluding hydrogens is 424 g/mol. The zero-order valence-corrected chi connectivity index (χ0v) is 18.0. The molecule has 4 N–H and O–H groups in total. The fourth-order valence-electron chi connectivity index (χ4n) is 3.03. The van der Waals surface area contributed by atoms with Crippen molar-refractivity contribution in [3.05, 3.63) is 66.5 Å². The fourth-order valence-corrected chi connectivity index (χ4v) is 3.03. The summed E-state index contributed by atoms with van der Waals surface area (Å²) in [6.07, 6.45) is 5.06. The number of benzene rings is 2. The van der Waals surface area contributed by atoms with Gasteiger partial charge in [-0.3, -0.25) is 14.3 Å². The molecule has 4 rings (SSSR count). The average Bonchev–Trinajstić information content (AvgIpc) is 3.51. The lowest BCUT2D eigenvalue weighted by molar-refractivity contribution is -0.116. The summed E-state index contributed by atoms with van der Waals surface area (Å²) in [5, 5.41) is 15.2. The van der Waals surface area contributed by atoms with E-state index < -0.39 is 0 Å². The Hall–Kier alpha value is -4.34. The van der Waals surface area contributed by atoms with Gasteiger partial charge in [0.25, 0.3) is 5.91 Å². The molecule has 33 heavy (non-hydrogen) atoms. The molecule has 10 nitrogen and oxygen atoms in total. The van der Waals surface area contributed by atoms with Crippen molar-refractivity contribution in [1.29, 1.82) is 0 Å². The van der Waals surface area contributed by atoms with Gasteiger partial charge >= 0.3 is 6.03 Å². The quantitative estimate of drug-likeness (QED) is 0.421. The Morgan fingerprint density at radius 1 is 0.939 bits per heavy atom. The lowest BCUT2D eigenvalue weighted by Gasteiger charge is -2.08. The van der Waals surface area contributed by atoms with Crippen molar-refractivity contribution in [2.45, 2.75) is 25.4 Å². The minimum atomic E-state index is -0.328. The first-order chi connectivity index (χ1) is 16.0. The van der Waals surface area contributed by atoms with Gasteiger partial charge in [-0.05, 0) is 61.4 Å². The number of nitrogens with zero attached hydrogens (tertiary/aromatic N) is 2. The summed E-state index contributed by atoms with van der Waals surface area (Å²) in [5.74, 6) is 0.117. The van der Waals surface area contributed by atoms with Crippen molar-refractivity contribution in [1.82, 2.24) is 15.1 Å². The van der Waals surface area contributed by atoms with Crippen LogP contribution in [0.25, 0.3) is 0 Å². The van der Waals surface area contributed by atoms with Gasteiger partial charge in [-0.1, -0.05) is 0 Å². The van der Waals surface area contributed by atoms with Gasteiger partial charge in [0, 0.05) is 29.2 Å². The Kier molecular flexibility index (Phi) is 6.53. The van der Waals surface area contributed by atoms with Crippen LogP contribution >= 0.6 is 0 Å². The SMILES string of the molecule is COc1ccc(NC(=O)Cn2cc(NC(=O)c3ccc(NC(=O)NC4CC4)cc3)cn2)cc1. The van der Waals surface area contributed by atoms with Crippen molar-refractivity contribution in [2.75, 3.05) is 23.1 Å². The number of methoxy groups -OCH3 is 1. The van der Waals surface area contributed by atoms with Gasteiger partial charge in [0.15, 0.2) is 0 Å². The molecule has 1 aromatic heterocycles. The molecule has 0 unspecified atom stereocenters. The molecule has 1 fully saturated rings. The van der Waals surface area contributed by atoms with Crippen LogP contribution in [0, 0.1) is 0 Å². The summed E-state index contributed by atoms with van der Waals surface area (Å²) in [7, 11) is 1.57. The minimum Gasteiger partial charge on any atom is -0.497 e. The first-order valence-corrected chi connectivity index (χ1v) is 10.4. The number of amides is 4. The maximum atomic E-state index is 12.5. The lowest BCUT2D eigenvalue weighted by atomic mass is 10.2. The lowest BCUT2D eigenvalue weighted by Crippen LogP contribution is -2.30. The Labute approximate surface area is 190 Å². The molecule has 0 bridgehead atoms. The maximum absolute atomic E-state index is 12.5. The molecule has 0 aliphatic heterocycles. The van der Waals surface area contributed by atoms with E-state index in [9.17, 15) is 14.4 Å². The van der Waals surface area contributed by atoms with E-state index in [1.54, 1.807) is 61.8 Å². The highest BCUT2D eigenvalue weighted by atomic mass is 16.5. The van der Waals surface area contributed by atoms with E-state index in [4.69, 9.17) is 4.74 Å². The molecule has 1 heterocycles. The van der Waals surface area contributed by atoms with Crippen LogP contribution in [-0.4, -0.2) is 40.8 Å². The monoisotopic (exact) mass is 448 g/mol. The average molecular weight is 448 g/mol. The largest absolute Gasteiger partial charge is 0.497 e. The van der Waals surface area contributed by atoms with Crippen molar-refractivity contribution in [3.8, 4) is 5.75 Å². The van der Waals surface area contributed by atoms with Crippen molar-refractivity contribution in [2.24, 2.45) is 0 Å². The number of carbonyl (C=O) groups is 3. The number of hydrogen-bond donors (Lipinski definition) is 4. The topological polar surface area (TPSA) is 126 Å². The van der Waals surface area contributed by atoms with Crippen molar-refractivity contribution < 1.29 is 19.1 Å². The van der Waals surface area contributed by atoms with Gasteiger partial charge < -0.3 is 26.0 Å². The molecule has 2 aromatic carbocycles. The predicted octanol–water partition coefficient (Wildman–Crippen LogP) is 3.07. The van der Waals surface area contributed by atoms with Crippen molar-refractivity contribution >= 4 is 34.9 Å². The van der Waals surface area contributed by atoms with Crippen LogP contribution < -0.4 is 26.0 Å². The zero-order valence-electron chi connectivity index (χ0n) is 18.0. The number of rotatable bonds is 8. The highest BCUT2D eigenvalue weighted by Gasteiger charge is 2.23. The summed E-state index contributed by atoms with van der Waals surface area (Å²) in [6, 6.07) is 13.6. The van der Waals surface area contributed by atoms with Crippen molar-refractivity contribution in [3.63, 3.8) is 0 Å². The summed E-state index contributed by atoms with van der Waals surface area (Å²) in [5.41, 5.74) is 2.13.